The van der Waals surface area contributed by atoms with Crippen LogP contribution in [0.15, 0.2) is 18.2 Å². The predicted octanol–water partition coefficient (Wildman–Crippen LogP) is 4.13. The molecule has 1 aliphatic heterocycles. The summed E-state index contributed by atoms with van der Waals surface area (Å²) in [5.41, 5.74) is 1.30. The van der Waals surface area contributed by atoms with Gasteiger partial charge in [-0.2, -0.15) is 0 Å². The number of nitrogens with zero attached hydrogens (tertiary/aromatic N) is 1. The van der Waals surface area contributed by atoms with Crippen molar-refractivity contribution in [1.82, 2.24) is 10.2 Å². The van der Waals surface area contributed by atoms with E-state index in [1.54, 1.807) is 0 Å². The maximum absolute atomic E-state index is 6.17. The van der Waals surface area contributed by atoms with Crippen molar-refractivity contribution in [2.45, 2.75) is 32.2 Å². The third-order valence-corrected chi connectivity index (χ3v) is 4.49. The minimum Gasteiger partial charge on any atom is -0.314 e. The lowest BCUT2D eigenvalue weighted by atomic mass is 9.99. The molecule has 1 fully saturated rings. The summed E-state index contributed by atoms with van der Waals surface area (Å²) in [5, 5.41) is 4.71. The van der Waals surface area contributed by atoms with E-state index in [9.17, 15) is 0 Å². The van der Waals surface area contributed by atoms with Crippen molar-refractivity contribution in [1.29, 1.82) is 0 Å². The summed E-state index contributed by atoms with van der Waals surface area (Å²) < 4.78 is 0. The van der Waals surface area contributed by atoms with Gasteiger partial charge in [0.1, 0.15) is 0 Å². The largest absolute Gasteiger partial charge is 0.314 e. The smallest absolute Gasteiger partial charge is 0.0595 e. The molecule has 19 heavy (non-hydrogen) atoms. The Balaban J connectivity index is 2.17. The molecule has 0 aliphatic carbocycles. The lowest BCUT2D eigenvalue weighted by molar-refractivity contribution is 0.163. The van der Waals surface area contributed by atoms with Crippen LogP contribution in [0, 0.1) is 0 Å². The van der Waals surface area contributed by atoms with Gasteiger partial charge in [-0.25, -0.2) is 0 Å². The van der Waals surface area contributed by atoms with E-state index in [0.29, 0.717) is 16.1 Å². The monoisotopic (exact) mass is 300 g/mol. The summed E-state index contributed by atoms with van der Waals surface area (Å²) in [6, 6.07) is 6.54. The molecule has 2 nitrogen and oxygen atoms in total. The average molecular weight is 301 g/mol. The third kappa shape index (κ3) is 4.09. The number of halogens is 2. The Kier molecular flexibility index (Phi) is 5.96. The second kappa shape index (κ2) is 7.49. The first-order chi connectivity index (χ1) is 9.22. The highest BCUT2D eigenvalue weighted by Crippen LogP contribution is 2.31. The molecular weight excluding hydrogens is 279 g/mol. The predicted molar refractivity (Wildman–Crippen MR) is 83.2 cm³/mol. The fourth-order valence-electron chi connectivity index (χ4n) is 2.67. The second-order valence-corrected chi connectivity index (χ2v) is 5.93. The van der Waals surface area contributed by atoms with Crippen molar-refractivity contribution in [3.8, 4) is 0 Å². The zero-order chi connectivity index (χ0) is 13.7. The van der Waals surface area contributed by atoms with E-state index in [-0.39, 0.29) is 0 Å². The van der Waals surface area contributed by atoms with Crippen molar-refractivity contribution in [3.05, 3.63) is 33.8 Å². The highest BCUT2D eigenvalue weighted by atomic mass is 35.5. The van der Waals surface area contributed by atoms with Crippen LogP contribution >= 0.6 is 23.2 Å². The first-order valence-electron chi connectivity index (χ1n) is 7.12. The van der Waals surface area contributed by atoms with Gasteiger partial charge in [0.2, 0.25) is 0 Å². The highest BCUT2D eigenvalue weighted by Gasteiger charge is 2.22. The van der Waals surface area contributed by atoms with Crippen LogP contribution in [-0.2, 0) is 0 Å². The van der Waals surface area contributed by atoms with E-state index in [2.05, 4.69) is 23.2 Å². The lowest BCUT2D eigenvalue weighted by Crippen LogP contribution is -2.45. The Bertz CT molecular complexity index is 403. The van der Waals surface area contributed by atoms with Crippen molar-refractivity contribution in [3.63, 3.8) is 0 Å². The Morgan fingerprint density at radius 2 is 1.95 bits per heavy atom. The minimum atomic E-state index is 0.469. The van der Waals surface area contributed by atoms with E-state index < -0.39 is 0 Å². The molecule has 0 unspecified atom stereocenters. The molecular formula is C15H22Cl2N2. The molecule has 1 aliphatic rings. The van der Waals surface area contributed by atoms with Crippen LogP contribution in [0.5, 0.6) is 0 Å². The molecule has 1 aromatic carbocycles. The fraction of sp³-hybridized carbons (Fsp3) is 0.600. The highest BCUT2D eigenvalue weighted by molar-refractivity contribution is 6.42. The van der Waals surface area contributed by atoms with Gasteiger partial charge in [-0.15, -0.1) is 0 Å². The van der Waals surface area contributed by atoms with Gasteiger partial charge in [-0.05, 0) is 24.1 Å². The number of hydrogen-bond acceptors (Lipinski definition) is 2. The molecule has 1 N–H and O–H groups in total. The van der Waals surface area contributed by atoms with E-state index in [1.165, 1.54) is 24.8 Å². The summed E-state index contributed by atoms with van der Waals surface area (Å²) in [7, 11) is 0. The van der Waals surface area contributed by atoms with Crippen LogP contribution in [0.1, 0.15) is 37.8 Å². The van der Waals surface area contributed by atoms with Gasteiger partial charge in [-0.3, -0.25) is 4.90 Å². The summed E-state index contributed by atoms with van der Waals surface area (Å²) in [6.07, 6.45) is 3.66. The summed E-state index contributed by atoms with van der Waals surface area (Å²) >= 11 is 12.2. The van der Waals surface area contributed by atoms with Gasteiger partial charge in [0.05, 0.1) is 10.0 Å². The molecule has 1 saturated heterocycles. The van der Waals surface area contributed by atoms with Crippen LogP contribution in [-0.4, -0.2) is 31.1 Å². The van der Waals surface area contributed by atoms with Crippen molar-refractivity contribution in [2.24, 2.45) is 0 Å². The van der Waals surface area contributed by atoms with Crippen LogP contribution < -0.4 is 5.32 Å². The summed E-state index contributed by atoms with van der Waals surface area (Å²) in [6.45, 7) is 6.60. The van der Waals surface area contributed by atoms with Gasteiger partial charge in [0.25, 0.3) is 0 Å². The first kappa shape index (κ1) is 15.1. The molecule has 0 amide bonds. The van der Waals surface area contributed by atoms with Gasteiger partial charge >= 0.3 is 0 Å². The minimum absolute atomic E-state index is 0.469. The number of unbranched alkanes of at least 4 members (excludes halogenated alkanes) is 1. The van der Waals surface area contributed by atoms with Crippen LogP contribution in [0.25, 0.3) is 0 Å². The molecule has 106 valence electrons. The number of piperazine rings is 1. The standard InChI is InChI=1S/C15H22Cl2N2/c1-2-3-4-15(19-9-7-18-8-10-19)12-5-6-13(16)14(17)11-12/h5-6,11,15,18H,2-4,7-10H2,1H3/t15-/m1/s1. The Labute approximate surface area is 126 Å². The molecule has 2 rings (SSSR count). The Hall–Kier alpha value is -0.280. The van der Waals surface area contributed by atoms with Gasteiger partial charge < -0.3 is 5.32 Å². The molecule has 0 radical (unpaired) electrons. The molecule has 0 saturated carbocycles. The van der Waals surface area contributed by atoms with Gasteiger partial charge in [-0.1, -0.05) is 49.0 Å². The molecule has 1 aromatic rings. The number of benzene rings is 1. The first-order valence-corrected chi connectivity index (χ1v) is 7.87. The number of hydrogen-bond donors (Lipinski definition) is 1. The third-order valence-electron chi connectivity index (χ3n) is 3.75. The normalized spacial score (nSPS) is 18.5. The zero-order valence-electron chi connectivity index (χ0n) is 11.5. The molecule has 1 heterocycles. The maximum Gasteiger partial charge on any atom is 0.0595 e. The number of nitrogens with one attached hydrogen (secondary N) is 1. The number of rotatable bonds is 5. The Morgan fingerprint density at radius 3 is 2.58 bits per heavy atom. The summed E-state index contributed by atoms with van der Waals surface area (Å²) in [4.78, 5) is 2.56. The topological polar surface area (TPSA) is 15.3 Å². The van der Waals surface area contributed by atoms with E-state index in [0.717, 1.165) is 26.2 Å². The fourth-order valence-corrected chi connectivity index (χ4v) is 2.98. The summed E-state index contributed by atoms with van der Waals surface area (Å²) in [5.74, 6) is 0. The molecule has 4 heteroatoms. The van der Waals surface area contributed by atoms with Gasteiger partial charge in [0.15, 0.2) is 0 Å². The van der Waals surface area contributed by atoms with Crippen molar-refractivity contribution >= 4 is 23.2 Å². The van der Waals surface area contributed by atoms with Gasteiger partial charge in [0, 0.05) is 32.2 Å². The maximum atomic E-state index is 6.17. The Morgan fingerprint density at radius 1 is 1.21 bits per heavy atom. The SMILES string of the molecule is CCCC[C@H](c1ccc(Cl)c(Cl)c1)N1CCNCC1. The van der Waals surface area contributed by atoms with Crippen LogP contribution in [0.3, 0.4) is 0 Å². The zero-order valence-corrected chi connectivity index (χ0v) is 13.0. The molecule has 1 atom stereocenters. The van der Waals surface area contributed by atoms with E-state index in [4.69, 9.17) is 23.2 Å². The molecule has 0 bridgehead atoms. The van der Waals surface area contributed by atoms with Crippen LogP contribution in [0.4, 0.5) is 0 Å². The quantitative estimate of drug-likeness (QED) is 0.879. The second-order valence-electron chi connectivity index (χ2n) is 5.12. The van der Waals surface area contributed by atoms with Crippen molar-refractivity contribution in [2.75, 3.05) is 26.2 Å². The van der Waals surface area contributed by atoms with Crippen molar-refractivity contribution < 1.29 is 0 Å². The average Bonchev–Trinajstić information content (AvgIpc) is 2.44. The van der Waals surface area contributed by atoms with Crippen LogP contribution in [0.2, 0.25) is 10.0 Å². The molecule has 0 spiro atoms. The van der Waals surface area contributed by atoms with E-state index >= 15 is 0 Å². The molecule has 0 aromatic heterocycles. The lowest BCUT2D eigenvalue weighted by Gasteiger charge is -2.35. The van der Waals surface area contributed by atoms with E-state index in [1.807, 2.05) is 12.1 Å².